The summed E-state index contributed by atoms with van der Waals surface area (Å²) in [5.41, 5.74) is 0. The van der Waals surface area contributed by atoms with Crippen molar-refractivity contribution < 1.29 is 12.8 Å². The van der Waals surface area contributed by atoms with Crippen LogP contribution < -0.4 is 0 Å². The van der Waals surface area contributed by atoms with Crippen molar-refractivity contribution >= 4 is 21.8 Å². The Morgan fingerprint density at radius 1 is 1.05 bits per heavy atom. The van der Waals surface area contributed by atoms with Crippen LogP contribution in [-0.2, 0) is 10.0 Å². The number of benzene rings is 1. The highest BCUT2D eigenvalue weighted by molar-refractivity contribution is 7.99. The van der Waals surface area contributed by atoms with Gasteiger partial charge in [0.2, 0.25) is 10.0 Å². The summed E-state index contributed by atoms with van der Waals surface area (Å²) >= 11 is 1.36. The van der Waals surface area contributed by atoms with Crippen molar-refractivity contribution in [2.45, 2.75) is 27.7 Å². The van der Waals surface area contributed by atoms with Gasteiger partial charge in [-0.2, -0.15) is 4.31 Å². The minimum absolute atomic E-state index is 0.220. The van der Waals surface area contributed by atoms with Gasteiger partial charge in [0.25, 0.3) is 0 Å². The van der Waals surface area contributed by atoms with Crippen LogP contribution >= 0.6 is 11.8 Å². The fourth-order valence-corrected chi connectivity index (χ4v) is 4.50. The summed E-state index contributed by atoms with van der Waals surface area (Å²) in [6.45, 7) is 1.16. The molecule has 22 heavy (non-hydrogen) atoms. The van der Waals surface area contributed by atoms with Gasteiger partial charge < -0.3 is 0 Å². The smallest absolute Gasteiger partial charge is 0.244 e. The summed E-state index contributed by atoms with van der Waals surface area (Å²) in [6.07, 6.45) is 3.20. The van der Waals surface area contributed by atoms with Crippen LogP contribution in [0.15, 0.2) is 57.4 Å². The van der Waals surface area contributed by atoms with E-state index in [1.54, 1.807) is 24.3 Å². The highest BCUT2D eigenvalue weighted by atomic mass is 32.2. The first-order valence-corrected chi connectivity index (χ1v) is 9.21. The average molecular weight is 338 g/mol. The Balaban J connectivity index is 1.76. The van der Waals surface area contributed by atoms with E-state index in [1.165, 1.54) is 34.4 Å². The summed E-state index contributed by atoms with van der Waals surface area (Å²) < 4.78 is 39.1. The van der Waals surface area contributed by atoms with Gasteiger partial charge in [0.05, 0.1) is 0 Å². The molecule has 1 aliphatic rings. The van der Waals surface area contributed by atoms with Crippen LogP contribution in [-0.4, -0.2) is 30.8 Å². The van der Waals surface area contributed by atoms with E-state index in [4.69, 9.17) is 0 Å². The quantitative estimate of drug-likeness (QED) is 0.859. The number of rotatable bonds is 4. The zero-order valence-corrected chi connectivity index (χ0v) is 13.4. The number of hydrogen-bond donors (Lipinski definition) is 0. The van der Waals surface area contributed by atoms with Crippen LogP contribution in [0.2, 0.25) is 0 Å². The van der Waals surface area contributed by atoms with Crippen molar-refractivity contribution in [3.05, 3.63) is 48.4 Å². The third-order valence-electron chi connectivity index (χ3n) is 3.45. The Bertz CT molecular complexity index is 740. The first-order chi connectivity index (χ1) is 10.6. The molecule has 7 heteroatoms. The minimum Gasteiger partial charge on any atom is -0.248 e. The van der Waals surface area contributed by atoms with Crippen molar-refractivity contribution in [2.24, 2.45) is 0 Å². The molecule has 0 radical (unpaired) electrons. The van der Waals surface area contributed by atoms with E-state index in [0.29, 0.717) is 18.1 Å². The van der Waals surface area contributed by atoms with Crippen molar-refractivity contribution in [3.63, 3.8) is 0 Å². The van der Waals surface area contributed by atoms with Gasteiger partial charge in [-0.1, -0.05) is 11.8 Å². The van der Waals surface area contributed by atoms with E-state index in [-0.39, 0.29) is 10.7 Å². The van der Waals surface area contributed by atoms with Gasteiger partial charge in [0, 0.05) is 24.2 Å². The van der Waals surface area contributed by atoms with Gasteiger partial charge in [-0.15, -0.1) is 0 Å². The van der Waals surface area contributed by atoms with Crippen LogP contribution in [0.3, 0.4) is 0 Å². The molecular formula is C15H15FN2O2S2. The summed E-state index contributed by atoms with van der Waals surface area (Å²) in [5, 5.41) is 0.673. The van der Waals surface area contributed by atoms with Gasteiger partial charge in [-0.25, -0.2) is 17.8 Å². The summed E-state index contributed by atoms with van der Waals surface area (Å²) in [5.74, 6) is -0.288. The molecule has 0 spiro atoms. The van der Waals surface area contributed by atoms with Crippen LogP contribution in [0.1, 0.15) is 12.8 Å². The zero-order chi connectivity index (χ0) is 15.6. The van der Waals surface area contributed by atoms with Crippen molar-refractivity contribution in [1.29, 1.82) is 0 Å². The molecule has 1 aromatic carbocycles. The van der Waals surface area contributed by atoms with Gasteiger partial charge >= 0.3 is 0 Å². The largest absolute Gasteiger partial charge is 0.248 e. The number of nitrogens with zero attached hydrogens (tertiary/aromatic N) is 2. The summed E-state index contributed by atoms with van der Waals surface area (Å²) in [6, 6.07) is 9.35. The molecule has 0 N–H and O–H groups in total. The minimum atomic E-state index is -3.42. The van der Waals surface area contributed by atoms with Crippen LogP contribution in [0, 0.1) is 5.82 Å². The Labute approximate surface area is 133 Å². The maximum Gasteiger partial charge on any atom is 0.244 e. The Hall–Kier alpha value is -1.44. The molecule has 0 aliphatic carbocycles. The second-order valence-corrected chi connectivity index (χ2v) is 8.03. The molecule has 4 nitrogen and oxygen atoms in total. The van der Waals surface area contributed by atoms with E-state index >= 15 is 0 Å². The molecule has 1 fully saturated rings. The lowest BCUT2D eigenvalue weighted by Crippen LogP contribution is -2.27. The predicted octanol–water partition coefficient (Wildman–Crippen LogP) is 3.16. The Kier molecular flexibility index (Phi) is 4.46. The average Bonchev–Trinajstić information content (AvgIpc) is 3.05. The van der Waals surface area contributed by atoms with Gasteiger partial charge in [0.1, 0.15) is 15.7 Å². The van der Waals surface area contributed by atoms with Gasteiger partial charge in [-0.05, 0) is 49.2 Å². The van der Waals surface area contributed by atoms with E-state index in [0.717, 1.165) is 17.7 Å². The predicted molar refractivity (Wildman–Crippen MR) is 82.8 cm³/mol. The van der Waals surface area contributed by atoms with Gasteiger partial charge in [-0.3, -0.25) is 0 Å². The molecule has 1 aliphatic heterocycles. The van der Waals surface area contributed by atoms with Crippen molar-refractivity contribution in [1.82, 2.24) is 9.29 Å². The molecule has 2 aromatic rings. The maximum atomic E-state index is 12.9. The van der Waals surface area contributed by atoms with Crippen molar-refractivity contribution in [2.75, 3.05) is 13.1 Å². The van der Waals surface area contributed by atoms with Gasteiger partial charge in [0.15, 0.2) is 0 Å². The second-order valence-electron chi connectivity index (χ2n) is 5.00. The molecule has 0 bridgehead atoms. The van der Waals surface area contributed by atoms with E-state index < -0.39 is 10.0 Å². The molecule has 116 valence electrons. The fraction of sp³-hybridized carbons (Fsp3) is 0.267. The second kappa shape index (κ2) is 6.36. The first kappa shape index (κ1) is 15.5. The molecule has 0 saturated carbocycles. The van der Waals surface area contributed by atoms with Crippen LogP contribution in [0.5, 0.6) is 0 Å². The third kappa shape index (κ3) is 3.31. The monoisotopic (exact) mass is 338 g/mol. The van der Waals surface area contributed by atoms with E-state index in [2.05, 4.69) is 4.98 Å². The molecule has 1 aromatic heterocycles. The number of hydrogen-bond acceptors (Lipinski definition) is 4. The lowest BCUT2D eigenvalue weighted by molar-refractivity contribution is 0.477. The summed E-state index contributed by atoms with van der Waals surface area (Å²) in [7, 11) is -3.42. The molecule has 1 saturated heterocycles. The van der Waals surface area contributed by atoms with E-state index in [9.17, 15) is 12.8 Å². The third-order valence-corrected chi connectivity index (χ3v) is 6.29. The maximum absolute atomic E-state index is 12.9. The topological polar surface area (TPSA) is 50.3 Å². The normalized spacial score (nSPS) is 16.0. The van der Waals surface area contributed by atoms with Crippen LogP contribution in [0.4, 0.5) is 4.39 Å². The number of halogens is 1. The molecule has 3 rings (SSSR count). The molecule has 2 heterocycles. The highest BCUT2D eigenvalue weighted by Gasteiger charge is 2.27. The number of pyridine rings is 1. The number of sulfonamides is 1. The standard InChI is InChI=1S/C15H15FN2O2S2/c16-12-3-5-13(6-4-12)21-15-8-7-14(11-17-15)22(19,20)18-9-1-2-10-18/h3-8,11H,1-2,9-10H2. The molecular weight excluding hydrogens is 323 g/mol. The SMILES string of the molecule is O=S(=O)(c1ccc(Sc2ccc(F)cc2)nc1)N1CCCC1. The highest BCUT2D eigenvalue weighted by Crippen LogP contribution is 2.27. The molecule has 0 unspecified atom stereocenters. The van der Waals surface area contributed by atoms with Crippen LogP contribution in [0.25, 0.3) is 0 Å². The van der Waals surface area contributed by atoms with E-state index in [1.807, 2.05) is 0 Å². The zero-order valence-electron chi connectivity index (χ0n) is 11.8. The lowest BCUT2D eigenvalue weighted by atomic mass is 10.4. The Morgan fingerprint density at radius 2 is 1.73 bits per heavy atom. The lowest BCUT2D eigenvalue weighted by Gasteiger charge is -2.15. The first-order valence-electron chi connectivity index (χ1n) is 6.95. The van der Waals surface area contributed by atoms with Crippen molar-refractivity contribution in [3.8, 4) is 0 Å². The Morgan fingerprint density at radius 3 is 2.32 bits per heavy atom. The summed E-state index contributed by atoms with van der Waals surface area (Å²) in [4.78, 5) is 5.27. The fourth-order valence-electron chi connectivity index (χ4n) is 2.28. The molecule has 0 amide bonds. The number of aromatic nitrogens is 1. The molecule has 0 atom stereocenters.